The van der Waals surface area contributed by atoms with E-state index in [9.17, 15) is 9.59 Å². The molecule has 0 bridgehead atoms. The fourth-order valence-corrected chi connectivity index (χ4v) is 0.457. The molecule has 0 aliphatic carbocycles. The first kappa shape index (κ1) is 11.5. The first-order valence-electron chi connectivity index (χ1n) is 3.68. The molecule has 0 unspecified atom stereocenters. The largest absolute Gasteiger partial charge is 0.452 e. The Bertz CT molecular complexity index is 197. The summed E-state index contributed by atoms with van der Waals surface area (Å²) >= 11 is 0. The summed E-state index contributed by atoms with van der Waals surface area (Å²) in [6, 6.07) is 0. The zero-order chi connectivity index (χ0) is 10.5. The maximum atomic E-state index is 10.9. The molecule has 0 spiro atoms. The van der Waals surface area contributed by atoms with Gasteiger partial charge in [-0.3, -0.25) is 0 Å². The maximum Gasteiger partial charge on any atom is 0.426 e. The second-order valence-electron chi connectivity index (χ2n) is 3.24. The van der Waals surface area contributed by atoms with Crippen LogP contribution in [-0.4, -0.2) is 24.9 Å². The predicted octanol–water partition coefficient (Wildman–Crippen LogP) is 0.782. The maximum absolute atomic E-state index is 10.9. The number of rotatable bonds is 0. The molecule has 13 heavy (non-hydrogen) atoms. The fourth-order valence-electron chi connectivity index (χ4n) is 0.457. The van der Waals surface area contributed by atoms with Gasteiger partial charge in [0, 0.05) is 0 Å². The first-order chi connectivity index (χ1) is 5.85. The van der Waals surface area contributed by atoms with Crippen LogP contribution in [0.3, 0.4) is 0 Å². The SMILES string of the molecule is COC(=O)NNC(=O)OC(C)(C)C. The van der Waals surface area contributed by atoms with Crippen LogP contribution in [0.25, 0.3) is 0 Å². The van der Waals surface area contributed by atoms with Crippen LogP contribution in [0.1, 0.15) is 20.8 Å². The molecule has 0 rings (SSSR count). The van der Waals surface area contributed by atoms with E-state index in [-0.39, 0.29) is 0 Å². The van der Waals surface area contributed by atoms with Crippen LogP contribution >= 0.6 is 0 Å². The summed E-state index contributed by atoms with van der Waals surface area (Å²) in [4.78, 5) is 21.4. The summed E-state index contributed by atoms with van der Waals surface area (Å²) in [6.07, 6.45) is -1.50. The Morgan fingerprint density at radius 2 is 1.54 bits per heavy atom. The number of carbonyl (C=O) groups is 2. The zero-order valence-electron chi connectivity index (χ0n) is 8.13. The molecule has 6 heteroatoms. The minimum Gasteiger partial charge on any atom is -0.452 e. The van der Waals surface area contributed by atoms with Crippen LogP contribution in [0.2, 0.25) is 0 Å². The average molecular weight is 190 g/mol. The van der Waals surface area contributed by atoms with Crippen molar-refractivity contribution >= 4 is 12.2 Å². The highest BCUT2D eigenvalue weighted by atomic mass is 16.6. The Kier molecular flexibility index (Phi) is 4.03. The molecule has 6 nitrogen and oxygen atoms in total. The van der Waals surface area contributed by atoms with Crippen molar-refractivity contribution < 1.29 is 19.1 Å². The molecule has 0 atom stereocenters. The lowest BCUT2D eigenvalue weighted by molar-refractivity contribution is 0.0492. The van der Waals surface area contributed by atoms with Gasteiger partial charge in [-0.25, -0.2) is 20.4 Å². The summed E-state index contributed by atoms with van der Waals surface area (Å²) in [6.45, 7) is 5.14. The normalized spacial score (nSPS) is 10.2. The number of hydrazine groups is 1. The van der Waals surface area contributed by atoms with Crippen LogP contribution in [0.5, 0.6) is 0 Å². The van der Waals surface area contributed by atoms with Gasteiger partial charge < -0.3 is 9.47 Å². The van der Waals surface area contributed by atoms with E-state index in [0.29, 0.717) is 0 Å². The molecule has 0 fully saturated rings. The quantitative estimate of drug-likeness (QED) is 0.553. The highest BCUT2D eigenvalue weighted by Crippen LogP contribution is 2.05. The Morgan fingerprint density at radius 1 is 1.08 bits per heavy atom. The third-order valence-electron chi connectivity index (χ3n) is 0.851. The minimum absolute atomic E-state index is 0.595. The molecule has 0 aromatic carbocycles. The van der Waals surface area contributed by atoms with Gasteiger partial charge in [-0.1, -0.05) is 0 Å². The van der Waals surface area contributed by atoms with Gasteiger partial charge in [0.2, 0.25) is 0 Å². The molecule has 0 saturated carbocycles. The molecule has 2 N–H and O–H groups in total. The lowest BCUT2D eigenvalue weighted by Crippen LogP contribution is -2.44. The Labute approximate surface area is 76.5 Å². The van der Waals surface area contributed by atoms with Crippen LogP contribution in [0, 0.1) is 0 Å². The van der Waals surface area contributed by atoms with Gasteiger partial charge in [0.15, 0.2) is 0 Å². The van der Waals surface area contributed by atoms with E-state index in [1.54, 1.807) is 20.8 Å². The van der Waals surface area contributed by atoms with Crippen molar-refractivity contribution in [1.29, 1.82) is 0 Å². The molecule has 0 saturated heterocycles. The number of amides is 2. The zero-order valence-corrected chi connectivity index (χ0v) is 8.13. The van der Waals surface area contributed by atoms with Crippen LogP contribution < -0.4 is 10.9 Å². The van der Waals surface area contributed by atoms with Gasteiger partial charge in [-0.2, -0.15) is 0 Å². The standard InChI is InChI=1S/C7H14N2O4/c1-7(2,3)13-6(11)9-8-5(10)12-4/h1-4H3,(H,8,10)(H,9,11). The first-order valence-corrected chi connectivity index (χ1v) is 3.68. The van der Waals surface area contributed by atoms with Crippen molar-refractivity contribution in [3.05, 3.63) is 0 Å². The summed E-state index contributed by atoms with van der Waals surface area (Å²) in [5, 5.41) is 0. The molecule has 0 aliphatic rings. The lowest BCUT2D eigenvalue weighted by atomic mass is 10.2. The summed E-state index contributed by atoms with van der Waals surface area (Å²) in [7, 11) is 1.19. The van der Waals surface area contributed by atoms with Crippen molar-refractivity contribution in [2.24, 2.45) is 0 Å². The topological polar surface area (TPSA) is 76.7 Å². The number of hydrogen-bond acceptors (Lipinski definition) is 4. The highest BCUT2D eigenvalue weighted by molar-refractivity contribution is 5.73. The van der Waals surface area contributed by atoms with Gasteiger partial charge in [-0.15, -0.1) is 0 Å². The molecule has 0 aliphatic heterocycles. The predicted molar refractivity (Wildman–Crippen MR) is 44.9 cm³/mol. The number of methoxy groups -OCH3 is 1. The Hall–Kier alpha value is -1.46. The van der Waals surface area contributed by atoms with Crippen molar-refractivity contribution in [3.63, 3.8) is 0 Å². The van der Waals surface area contributed by atoms with E-state index < -0.39 is 17.8 Å². The monoisotopic (exact) mass is 190 g/mol. The van der Waals surface area contributed by atoms with E-state index in [2.05, 4.69) is 4.74 Å². The van der Waals surface area contributed by atoms with Gasteiger partial charge in [0.05, 0.1) is 7.11 Å². The van der Waals surface area contributed by atoms with Gasteiger partial charge in [0.25, 0.3) is 0 Å². The molecule has 2 amide bonds. The van der Waals surface area contributed by atoms with E-state index >= 15 is 0 Å². The molecule has 0 radical (unpaired) electrons. The van der Waals surface area contributed by atoms with E-state index in [1.807, 2.05) is 10.9 Å². The number of hydrogen-bond donors (Lipinski definition) is 2. The molecule has 76 valence electrons. The molecular weight excluding hydrogens is 176 g/mol. The number of nitrogens with one attached hydrogen (secondary N) is 2. The second-order valence-corrected chi connectivity index (χ2v) is 3.24. The smallest absolute Gasteiger partial charge is 0.426 e. The average Bonchev–Trinajstić information content (AvgIpc) is 1.97. The molecule has 0 aromatic rings. The highest BCUT2D eigenvalue weighted by Gasteiger charge is 2.16. The fraction of sp³-hybridized carbons (Fsp3) is 0.714. The molecule has 0 aromatic heterocycles. The molecule has 0 heterocycles. The van der Waals surface area contributed by atoms with Crippen molar-refractivity contribution in [3.8, 4) is 0 Å². The van der Waals surface area contributed by atoms with E-state index in [4.69, 9.17) is 4.74 Å². The van der Waals surface area contributed by atoms with E-state index in [0.717, 1.165) is 0 Å². The summed E-state index contributed by atoms with van der Waals surface area (Å²) < 4.78 is 9.02. The summed E-state index contributed by atoms with van der Waals surface area (Å²) in [5.41, 5.74) is 3.38. The summed E-state index contributed by atoms with van der Waals surface area (Å²) in [5.74, 6) is 0. The van der Waals surface area contributed by atoms with Gasteiger partial charge >= 0.3 is 12.2 Å². The second kappa shape index (κ2) is 4.54. The van der Waals surface area contributed by atoms with Crippen LogP contribution in [0.4, 0.5) is 9.59 Å². The number of carbonyl (C=O) groups excluding carboxylic acids is 2. The van der Waals surface area contributed by atoms with Crippen molar-refractivity contribution in [2.45, 2.75) is 26.4 Å². The van der Waals surface area contributed by atoms with Crippen molar-refractivity contribution in [2.75, 3.05) is 7.11 Å². The van der Waals surface area contributed by atoms with E-state index in [1.165, 1.54) is 7.11 Å². The molecular formula is C7H14N2O4. The third kappa shape index (κ3) is 6.92. The van der Waals surface area contributed by atoms with Crippen molar-refractivity contribution in [1.82, 2.24) is 10.9 Å². The number of ether oxygens (including phenoxy) is 2. The Balaban J connectivity index is 3.71. The van der Waals surface area contributed by atoms with Crippen LogP contribution in [-0.2, 0) is 9.47 Å². The minimum atomic E-state index is -0.758. The Morgan fingerprint density at radius 3 is 1.92 bits per heavy atom. The van der Waals surface area contributed by atoms with Crippen LogP contribution in [0.15, 0.2) is 0 Å². The lowest BCUT2D eigenvalue weighted by Gasteiger charge is -2.19. The third-order valence-corrected chi connectivity index (χ3v) is 0.851. The van der Waals surface area contributed by atoms with Gasteiger partial charge in [0.1, 0.15) is 5.60 Å². The van der Waals surface area contributed by atoms with Gasteiger partial charge in [-0.05, 0) is 20.8 Å².